The minimum absolute atomic E-state index is 0.0411. The summed E-state index contributed by atoms with van der Waals surface area (Å²) in [5.41, 5.74) is 0.00679. The number of methoxy groups -OCH3 is 2. The Hall–Kier alpha value is -1.67. The summed E-state index contributed by atoms with van der Waals surface area (Å²) in [7, 11) is 2.41. The second-order valence-electron chi connectivity index (χ2n) is 4.56. The number of rotatable bonds is 3. The molecule has 0 aromatic carbocycles. The van der Waals surface area contributed by atoms with E-state index in [9.17, 15) is 19.5 Å². The molecule has 0 fully saturated rings. The molecule has 1 aliphatic heterocycles. The van der Waals surface area contributed by atoms with Crippen molar-refractivity contribution in [2.75, 3.05) is 14.2 Å². The van der Waals surface area contributed by atoms with E-state index in [4.69, 9.17) is 4.74 Å². The highest BCUT2D eigenvalue weighted by molar-refractivity contribution is 9.10. The maximum Gasteiger partial charge on any atom is 0.340 e. The summed E-state index contributed by atoms with van der Waals surface area (Å²) < 4.78 is 10.7. The number of carbonyl (C=O) groups is 2. The Morgan fingerprint density at radius 3 is 2.62 bits per heavy atom. The molecule has 0 amide bonds. The van der Waals surface area contributed by atoms with E-state index in [1.165, 1.54) is 18.8 Å². The average molecular weight is 360 g/mol. The summed E-state index contributed by atoms with van der Waals surface area (Å²) >= 11 is 3.13. The van der Waals surface area contributed by atoms with E-state index in [-0.39, 0.29) is 27.7 Å². The molecule has 8 heteroatoms. The molecule has 0 bridgehead atoms. The first-order valence-electron chi connectivity index (χ1n) is 6.20. The molecule has 1 aliphatic rings. The van der Waals surface area contributed by atoms with Gasteiger partial charge in [-0.2, -0.15) is 0 Å². The molecule has 0 saturated carbocycles. The van der Waals surface area contributed by atoms with Crippen LogP contribution >= 0.6 is 15.9 Å². The molecule has 1 atom stereocenters. The molecule has 0 saturated heterocycles. The van der Waals surface area contributed by atoms with Gasteiger partial charge in [-0.3, -0.25) is 9.59 Å². The lowest BCUT2D eigenvalue weighted by atomic mass is 10.0. The lowest BCUT2D eigenvalue weighted by Gasteiger charge is -2.16. The van der Waals surface area contributed by atoms with Crippen LogP contribution in [0.25, 0.3) is 0 Å². The maximum absolute atomic E-state index is 12.3. The van der Waals surface area contributed by atoms with Crippen LogP contribution in [0.3, 0.4) is 0 Å². The molecule has 1 unspecified atom stereocenters. The van der Waals surface area contributed by atoms with E-state index in [1.807, 2.05) is 0 Å². The van der Waals surface area contributed by atoms with E-state index in [1.54, 1.807) is 0 Å². The third-order valence-corrected chi connectivity index (χ3v) is 4.24. The van der Waals surface area contributed by atoms with Crippen molar-refractivity contribution < 1.29 is 24.2 Å². The zero-order chi connectivity index (χ0) is 15.7. The van der Waals surface area contributed by atoms with E-state index in [2.05, 4.69) is 20.7 Å². The predicted molar refractivity (Wildman–Crippen MR) is 75.0 cm³/mol. The fourth-order valence-electron chi connectivity index (χ4n) is 2.43. The van der Waals surface area contributed by atoms with Gasteiger partial charge in [0.15, 0.2) is 0 Å². The Kier molecular flexibility index (Phi) is 4.48. The van der Waals surface area contributed by atoms with Crippen LogP contribution in [-0.2, 0) is 27.2 Å². The molecule has 7 nitrogen and oxygen atoms in total. The number of hydrogen-bond acceptors (Lipinski definition) is 6. The molecular weight excluding hydrogens is 346 g/mol. The zero-order valence-electron chi connectivity index (χ0n) is 11.5. The minimum Gasteiger partial charge on any atom is -0.469 e. The van der Waals surface area contributed by atoms with Crippen molar-refractivity contribution in [2.45, 2.75) is 25.5 Å². The Labute approximate surface area is 128 Å². The van der Waals surface area contributed by atoms with Gasteiger partial charge in [-0.25, -0.2) is 4.79 Å². The van der Waals surface area contributed by atoms with Crippen molar-refractivity contribution in [1.29, 1.82) is 0 Å². The summed E-state index contributed by atoms with van der Waals surface area (Å²) in [6.45, 7) is 0.302. The van der Waals surface area contributed by atoms with Gasteiger partial charge in [-0.05, 0) is 27.9 Å². The number of nitrogens with zero attached hydrogens (tertiary/aromatic N) is 1. The normalized spacial score (nSPS) is 16.5. The number of halogens is 1. The van der Waals surface area contributed by atoms with Gasteiger partial charge in [-0.1, -0.05) is 0 Å². The Balaban J connectivity index is 2.76. The van der Waals surface area contributed by atoms with Crippen molar-refractivity contribution in [1.82, 2.24) is 4.57 Å². The SMILES string of the molecule is COC(=O)Cc1c(C(=O)OC)c2n(c(=O)c1Br)CCC2O. The van der Waals surface area contributed by atoms with Crippen molar-refractivity contribution in [3.05, 3.63) is 31.6 Å². The van der Waals surface area contributed by atoms with E-state index in [0.717, 1.165) is 0 Å². The number of pyridine rings is 1. The van der Waals surface area contributed by atoms with Crippen molar-refractivity contribution in [3.8, 4) is 0 Å². The summed E-state index contributed by atoms with van der Waals surface area (Å²) in [6.07, 6.45) is -0.888. The molecule has 2 heterocycles. The van der Waals surface area contributed by atoms with Gasteiger partial charge in [0.05, 0.1) is 42.5 Å². The number of aromatic nitrogens is 1. The molecule has 1 N–H and O–H groups in total. The van der Waals surface area contributed by atoms with Gasteiger partial charge >= 0.3 is 11.9 Å². The van der Waals surface area contributed by atoms with Gasteiger partial charge in [0.25, 0.3) is 5.56 Å². The molecule has 0 aliphatic carbocycles. The summed E-state index contributed by atoms with van der Waals surface area (Å²) in [4.78, 5) is 35.8. The number of ether oxygens (including phenoxy) is 2. The predicted octanol–water partition coefficient (Wildman–Crippen LogP) is 0.550. The number of fused-ring (bicyclic) bond motifs is 1. The Morgan fingerprint density at radius 1 is 1.38 bits per heavy atom. The van der Waals surface area contributed by atoms with Crippen LogP contribution in [0, 0.1) is 0 Å². The number of esters is 2. The largest absolute Gasteiger partial charge is 0.469 e. The molecule has 0 radical (unpaired) electrons. The zero-order valence-corrected chi connectivity index (χ0v) is 13.1. The van der Waals surface area contributed by atoms with Crippen LogP contribution in [0.1, 0.15) is 34.1 Å². The fourth-order valence-corrected chi connectivity index (χ4v) is 2.98. The standard InChI is InChI=1S/C13H14BrNO6/c1-20-8(17)5-6-9(13(19)21-2)11-7(16)3-4-15(11)12(18)10(6)14/h7,16H,3-5H2,1-2H3. The number of aliphatic hydroxyl groups excluding tert-OH is 1. The van der Waals surface area contributed by atoms with Crippen molar-refractivity contribution in [3.63, 3.8) is 0 Å². The van der Waals surface area contributed by atoms with Gasteiger partial charge in [-0.15, -0.1) is 0 Å². The third kappa shape index (κ3) is 2.60. The first-order valence-corrected chi connectivity index (χ1v) is 6.99. The summed E-state index contributed by atoms with van der Waals surface area (Å²) in [6, 6.07) is 0. The molecule has 1 aromatic rings. The number of carbonyl (C=O) groups excluding carboxylic acids is 2. The maximum atomic E-state index is 12.3. The molecule has 0 spiro atoms. The van der Waals surface area contributed by atoms with E-state index < -0.39 is 23.6 Å². The molecule has 114 valence electrons. The topological polar surface area (TPSA) is 94.8 Å². The van der Waals surface area contributed by atoms with Crippen LogP contribution in [0.15, 0.2) is 9.27 Å². The summed E-state index contributed by atoms with van der Waals surface area (Å²) in [5.74, 6) is -1.31. The number of aliphatic hydroxyl groups is 1. The number of hydrogen-bond donors (Lipinski definition) is 1. The first-order chi connectivity index (χ1) is 9.92. The Bertz CT molecular complexity index is 666. The second kappa shape index (κ2) is 5.98. The lowest BCUT2D eigenvalue weighted by molar-refractivity contribution is -0.139. The lowest BCUT2D eigenvalue weighted by Crippen LogP contribution is -2.28. The van der Waals surface area contributed by atoms with Crippen LogP contribution in [-0.4, -0.2) is 35.8 Å². The average Bonchev–Trinajstić information content (AvgIpc) is 2.85. The first kappa shape index (κ1) is 15.7. The highest BCUT2D eigenvalue weighted by atomic mass is 79.9. The Morgan fingerprint density at radius 2 is 2.05 bits per heavy atom. The van der Waals surface area contributed by atoms with Gasteiger partial charge in [0, 0.05) is 6.54 Å². The molecule has 21 heavy (non-hydrogen) atoms. The van der Waals surface area contributed by atoms with Crippen LogP contribution in [0.2, 0.25) is 0 Å². The van der Waals surface area contributed by atoms with E-state index in [0.29, 0.717) is 13.0 Å². The fraction of sp³-hybridized carbons (Fsp3) is 0.462. The monoisotopic (exact) mass is 359 g/mol. The summed E-state index contributed by atoms with van der Waals surface area (Å²) in [5, 5.41) is 10.0. The molecular formula is C13H14BrNO6. The molecule has 2 rings (SSSR count). The van der Waals surface area contributed by atoms with Crippen molar-refractivity contribution in [2.24, 2.45) is 0 Å². The highest BCUT2D eigenvalue weighted by Crippen LogP contribution is 2.32. The van der Waals surface area contributed by atoms with Crippen LogP contribution < -0.4 is 5.56 Å². The minimum atomic E-state index is -0.948. The van der Waals surface area contributed by atoms with Gasteiger partial charge in [0.1, 0.15) is 0 Å². The van der Waals surface area contributed by atoms with Crippen molar-refractivity contribution >= 4 is 27.9 Å². The van der Waals surface area contributed by atoms with Crippen LogP contribution in [0.5, 0.6) is 0 Å². The third-order valence-electron chi connectivity index (χ3n) is 3.43. The van der Waals surface area contributed by atoms with Gasteiger partial charge in [0.2, 0.25) is 0 Å². The second-order valence-corrected chi connectivity index (χ2v) is 5.35. The highest BCUT2D eigenvalue weighted by Gasteiger charge is 2.33. The smallest absolute Gasteiger partial charge is 0.340 e. The quantitative estimate of drug-likeness (QED) is 0.792. The van der Waals surface area contributed by atoms with E-state index >= 15 is 0 Å². The van der Waals surface area contributed by atoms with Gasteiger partial charge < -0.3 is 19.1 Å². The molecule has 1 aromatic heterocycles. The van der Waals surface area contributed by atoms with Crippen LogP contribution in [0.4, 0.5) is 0 Å².